The van der Waals surface area contributed by atoms with E-state index in [0.29, 0.717) is 12.2 Å². The van der Waals surface area contributed by atoms with E-state index >= 15 is 0 Å². The van der Waals surface area contributed by atoms with Gasteiger partial charge >= 0.3 is 5.97 Å². The number of tetrazole rings is 1. The number of aliphatic carboxylic acids is 1. The van der Waals surface area contributed by atoms with Crippen LogP contribution in [0.2, 0.25) is 0 Å². The van der Waals surface area contributed by atoms with Crippen molar-refractivity contribution in [1.82, 2.24) is 25.5 Å². The number of hydrogen-bond donors (Lipinski definition) is 2. The van der Waals surface area contributed by atoms with Crippen LogP contribution in [0.3, 0.4) is 0 Å². The molecule has 0 radical (unpaired) electrons. The molecule has 0 unspecified atom stereocenters. The first-order valence-electron chi connectivity index (χ1n) is 17.5. The lowest BCUT2D eigenvalue weighted by molar-refractivity contribution is -0.169. The minimum absolute atomic E-state index is 0.0913. The summed E-state index contributed by atoms with van der Waals surface area (Å²) in [6.45, 7) is 5.98. The van der Waals surface area contributed by atoms with Crippen LogP contribution in [0.15, 0.2) is 140 Å². The first kappa shape index (κ1) is 35.0. The van der Waals surface area contributed by atoms with E-state index in [-0.39, 0.29) is 18.9 Å². The molecule has 6 aromatic rings. The highest BCUT2D eigenvalue weighted by Crippen LogP contribution is 2.54. The van der Waals surface area contributed by atoms with Crippen molar-refractivity contribution in [3.05, 3.63) is 162 Å². The van der Waals surface area contributed by atoms with Gasteiger partial charge in [-0.2, -0.15) is 5.21 Å². The minimum Gasteiger partial charge on any atom is -0.479 e. The highest BCUT2D eigenvalue weighted by atomic mass is 16.4. The Morgan fingerprint density at radius 1 is 0.725 bits per heavy atom. The number of rotatable bonds is 14. The summed E-state index contributed by atoms with van der Waals surface area (Å²) in [4.78, 5) is 31.1. The maximum atomic E-state index is 14.8. The SMILES string of the molecule is CCCCC(=O)N(Cc1ccc(-c2ccccc2-c2nn[nH]n2)cc1)[C@@](C(=O)O)(C(C)C)C(c1ccccc1)(c1ccccc1)c1ccccc1. The molecule has 1 heterocycles. The van der Waals surface area contributed by atoms with Gasteiger partial charge in [0.05, 0.1) is 5.41 Å². The van der Waals surface area contributed by atoms with Gasteiger partial charge in [-0.1, -0.05) is 167 Å². The second-order valence-electron chi connectivity index (χ2n) is 13.1. The van der Waals surface area contributed by atoms with E-state index in [0.717, 1.165) is 45.4 Å². The van der Waals surface area contributed by atoms with Gasteiger partial charge in [0.25, 0.3) is 0 Å². The minimum atomic E-state index is -1.77. The van der Waals surface area contributed by atoms with Gasteiger partial charge in [-0.15, -0.1) is 10.2 Å². The van der Waals surface area contributed by atoms with Gasteiger partial charge in [-0.25, -0.2) is 4.79 Å². The number of carboxylic acids is 1. The Hall–Kier alpha value is -5.89. The number of carbonyl (C=O) groups excluding carboxylic acids is 1. The van der Waals surface area contributed by atoms with Gasteiger partial charge in [0.15, 0.2) is 5.54 Å². The molecule has 1 atom stereocenters. The summed E-state index contributed by atoms with van der Waals surface area (Å²) in [6, 6.07) is 45.2. The summed E-state index contributed by atoms with van der Waals surface area (Å²) in [7, 11) is 0. The largest absolute Gasteiger partial charge is 0.479 e. The molecule has 1 aromatic heterocycles. The Morgan fingerprint density at radius 2 is 1.24 bits per heavy atom. The molecule has 0 aliphatic heterocycles. The second-order valence-corrected chi connectivity index (χ2v) is 13.1. The van der Waals surface area contributed by atoms with Crippen molar-refractivity contribution in [2.45, 2.75) is 57.5 Å². The summed E-state index contributed by atoms with van der Waals surface area (Å²) in [5.41, 5.74) is 2.81. The fraction of sp³-hybridized carbons (Fsp3) is 0.233. The zero-order valence-corrected chi connectivity index (χ0v) is 29.2. The topological polar surface area (TPSA) is 112 Å². The number of hydrogen-bond acceptors (Lipinski definition) is 5. The average molecular weight is 678 g/mol. The number of nitrogens with one attached hydrogen (secondary N) is 1. The number of aromatic nitrogens is 4. The molecule has 0 saturated heterocycles. The van der Waals surface area contributed by atoms with Crippen molar-refractivity contribution >= 4 is 11.9 Å². The highest BCUT2D eigenvalue weighted by molar-refractivity contribution is 5.92. The summed E-state index contributed by atoms with van der Waals surface area (Å²) in [5.74, 6) is -1.32. The molecule has 1 amide bonds. The lowest BCUT2D eigenvalue weighted by Gasteiger charge is -2.56. The number of unbranched alkanes of at least 4 members (excludes halogenated alkanes) is 1. The van der Waals surface area contributed by atoms with Crippen LogP contribution in [-0.4, -0.2) is 48.0 Å². The Bertz CT molecular complexity index is 1940. The Labute approximate surface area is 299 Å². The third kappa shape index (κ3) is 6.34. The Balaban J connectivity index is 1.59. The summed E-state index contributed by atoms with van der Waals surface area (Å²) in [5, 5.41) is 26.6. The first-order chi connectivity index (χ1) is 24.8. The number of benzene rings is 5. The quantitative estimate of drug-likeness (QED) is 0.112. The van der Waals surface area contributed by atoms with Crippen molar-refractivity contribution in [3.63, 3.8) is 0 Å². The molecule has 258 valence electrons. The van der Waals surface area contributed by atoms with Gasteiger partial charge in [-0.3, -0.25) is 4.79 Å². The molecular formula is C43H43N5O3. The molecule has 8 nitrogen and oxygen atoms in total. The molecule has 5 aromatic carbocycles. The van der Waals surface area contributed by atoms with Gasteiger partial charge in [0.2, 0.25) is 11.7 Å². The van der Waals surface area contributed by atoms with E-state index in [1.54, 1.807) is 4.90 Å². The molecule has 51 heavy (non-hydrogen) atoms. The number of aromatic amines is 1. The van der Waals surface area contributed by atoms with E-state index < -0.39 is 22.8 Å². The van der Waals surface area contributed by atoms with E-state index in [1.807, 2.05) is 160 Å². The van der Waals surface area contributed by atoms with Crippen LogP contribution in [-0.2, 0) is 21.5 Å². The van der Waals surface area contributed by atoms with Crippen LogP contribution in [0.25, 0.3) is 22.5 Å². The average Bonchev–Trinajstić information content (AvgIpc) is 3.72. The van der Waals surface area contributed by atoms with Crippen molar-refractivity contribution < 1.29 is 14.7 Å². The highest BCUT2D eigenvalue weighted by Gasteiger charge is 2.65. The summed E-state index contributed by atoms with van der Waals surface area (Å²) < 4.78 is 0. The monoisotopic (exact) mass is 677 g/mol. The third-order valence-electron chi connectivity index (χ3n) is 9.94. The molecule has 0 aliphatic rings. The molecule has 8 heteroatoms. The second kappa shape index (κ2) is 15.3. The van der Waals surface area contributed by atoms with Gasteiger partial charge < -0.3 is 10.0 Å². The summed E-state index contributed by atoms with van der Waals surface area (Å²) in [6.07, 6.45) is 1.67. The van der Waals surface area contributed by atoms with E-state index in [9.17, 15) is 14.7 Å². The van der Waals surface area contributed by atoms with Gasteiger partial charge in [0.1, 0.15) is 0 Å². The molecular weight excluding hydrogens is 635 g/mol. The number of carboxylic acid groups (broad SMARTS) is 1. The predicted molar refractivity (Wildman–Crippen MR) is 200 cm³/mol. The molecule has 0 spiro atoms. The van der Waals surface area contributed by atoms with Crippen LogP contribution >= 0.6 is 0 Å². The number of carbonyl (C=O) groups is 2. The Morgan fingerprint density at radius 3 is 1.69 bits per heavy atom. The molecule has 2 N–H and O–H groups in total. The van der Waals surface area contributed by atoms with Crippen LogP contribution in [0.4, 0.5) is 0 Å². The van der Waals surface area contributed by atoms with Crippen molar-refractivity contribution in [2.24, 2.45) is 5.92 Å². The van der Waals surface area contributed by atoms with E-state index in [4.69, 9.17) is 0 Å². The van der Waals surface area contributed by atoms with Crippen LogP contribution < -0.4 is 0 Å². The smallest absolute Gasteiger partial charge is 0.331 e. The fourth-order valence-corrected chi connectivity index (χ4v) is 7.75. The van der Waals surface area contributed by atoms with Crippen LogP contribution in [0.1, 0.15) is 62.3 Å². The third-order valence-corrected chi connectivity index (χ3v) is 9.94. The van der Waals surface area contributed by atoms with Crippen LogP contribution in [0.5, 0.6) is 0 Å². The standard InChI is InChI=1S/C43H43N5O3/c1-4-5-25-39(49)48(30-32-26-28-33(29-27-32)37-23-15-16-24-38(37)40-44-46-47-45-40)43(31(2)3,41(50)51)42(34-17-9-6-10-18-34,35-19-11-7-12-20-35)36-21-13-8-14-22-36/h6-24,26-29,31H,4-5,25,30H2,1-3H3,(H,50,51)(H,44,45,46,47)/t43-/m1/s1. The summed E-state index contributed by atoms with van der Waals surface area (Å²) >= 11 is 0. The maximum Gasteiger partial charge on any atom is 0.331 e. The van der Waals surface area contributed by atoms with Crippen molar-refractivity contribution in [3.8, 4) is 22.5 Å². The number of H-pyrrole nitrogens is 1. The zero-order valence-electron chi connectivity index (χ0n) is 29.2. The number of nitrogens with zero attached hydrogens (tertiary/aromatic N) is 4. The van der Waals surface area contributed by atoms with Crippen molar-refractivity contribution in [1.29, 1.82) is 0 Å². The molecule has 0 fully saturated rings. The van der Waals surface area contributed by atoms with Gasteiger partial charge in [0, 0.05) is 18.5 Å². The fourth-order valence-electron chi connectivity index (χ4n) is 7.75. The maximum absolute atomic E-state index is 14.8. The van der Waals surface area contributed by atoms with Crippen LogP contribution in [0, 0.1) is 5.92 Å². The van der Waals surface area contributed by atoms with Gasteiger partial charge in [-0.05, 0) is 50.9 Å². The number of amides is 1. The van der Waals surface area contributed by atoms with E-state index in [2.05, 4.69) is 20.6 Å². The molecule has 0 aliphatic carbocycles. The van der Waals surface area contributed by atoms with Crippen molar-refractivity contribution in [2.75, 3.05) is 0 Å². The van der Waals surface area contributed by atoms with E-state index in [1.165, 1.54) is 0 Å². The zero-order chi connectivity index (χ0) is 35.8. The predicted octanol–water partition coefficient (Wildman–Crippen LogP) is 8.57. The lowest BCUT2D eigenvalue weighted by atomic mass is 9.53. The lowest BCUT2D eigenvalue weighted by Crippen LogP contribution is -2.71. The molecule has 6 rings (SSSR count). The normalized spacial score (nSPS) is 12.7. The Kier molecular flexibility index (Phi) is 10.5. The first-order valence-corrected chi connectivity index (χ1v) is 17.5. The molecule has 0 saturated carbocycles. The molecule has 0 bridgehead atoms.